The lowest BCUT2D eigenvalue weighted by molar-refractivity contribution is 0.0611. The fraction of sp³-hybridized carbons (Fsp3) is 0.500. The molecule has 0 saturated heterocycles. The number of benzene rings is 1. The monoisotopic (exact) mass is 192 g/mol. The summed E-state index contributed by atoms with van der Waals surface area (Å²) in [6, 6.07) is 5.34. The number of phenolic OH excluding ortho intramolecular Hbond substituents is 1. The van der Waals surface area contributed by atoms with Crippen LogP contribution in [0.25, 0.3) is 0 Å². The molecule has 1 atom stereocenters. The molecular weight excluding hydrogens is 176 g/mol. The molecule has 14 heavy (non-hydrogen) atoms. The van der Waals surface area contributed by atoms with Crippen LogP contribution in [0.3, 0.4) is 0 Å². The first kappa shape index (κ1) is 9.38. The van der Waals surface area contributed by atoms with Gasteiger partial charge in [-0.05, 0) is 49.9 Å². The molecule has 2 heteroatoms. The lowest BCUT2D eigenvalue weighted by Crippen LogP contribution is -2.35. The fourth-order valence-corrected chi connectivity index (χ4v) is 1.83. The highest BCUT2D eigenvalue weighted by Crippen LogP contribution is 2.36. The average Bonchev–Trinajstić information content (AvgIpc) is 2.19. The van der Waals surface area contributed by atoms with Gasteiger partial charge in [0.25, 0.3) is 0 Å². The number of hydrogen-bond acceptors (Lipinski definition) is 2. The lowest BCUT2D eigenvalue weighted by atomic mass is 9.90. The van der Waals surface area contributed by atoms with E-state index in [0.29, 0.717) is 5.75 Å². The largest absolute Gasteiger partial charge is 0.508 e. The lowest BCUT2D eigenvalue weighted by Gasteiger charge is -2.35. The maximum atomic E-state index is 9.32. The summed E-state index contributed by atoms with van der Waals surface area (Å²) in [4.78, 5) is 0. The molecule has 1 aromatic rings. The third-order valence-corrected chi connectivity index (χ3v) is 3.07. The van der Waals surface area contributed by atoms with Gasteiger partial charge >= 0.3 is 0 Å². The predicted octanol–water partition coefficient (Wildman–Crippen LogP) is 2.89. The van der Waals surface area contributed by atoms with Crippen LogP contribution in [-0.4, -0.2) is 10.7 Å². The van der Waals surface area contributed by atoms with Gasteiger partial charge in [0.15, 0.2) is 0 Å². The first-order valence-corrected chi connectivity index (χ1v) is 5.14. The Labute approximate surface area is 84.5 Å². The summed E-state index contributed by atoms with van der Waals surface area (Å²) >= 11 is 0. The second-order valence-electron chi connectivity index (χ2n) is 4.20. The first-order valence-electron chi connectivity index (χ1n) is 5.14. The Morgan fingerprint density at radius 2 is 2.29 bits per heavy atom. The zero-order valence-electron chi connectivity index (χ0n) is 8.71. The number of aryl methyl sites for hydroxylation is 1. The summed E-state index contributed by atoms with van der Waals surface area (Å²) in [5, 5.41) is 9.32. The Kier molecular flexibility index (Phi) is 2.14. The normalized spacial score (nSPS) is 25.3. The molecule has 0 amide bonds. The van der Waals surface area contributed by atoms with Gasteiger partial charge in [0, 0.05) is 0 Å². The number of fused-ring (bicyclic) bond motifs is 1. The van der Waals surface area contributed by atoms with Crippen LogP contribution in [0.1, 0.15) is 32.3 Å². The van der Waals surface area contributed by atoms with Crippen molar-refractivity contribution in [2.45, 2.75) is 38.7 Å². The highest BCUT2D eigenvalue weighted by atomic mass is 16.5. The predicted molar refractivity (Wildman–Crippen MR) is 55.8 cm³/mol. The molecule has 0 fully saturated rings. The van der Waals surface area contributed by atoms with E-state index in [4.69, 9.17) is 4.74 Å². The smallest absolute Gasteiger partial charge is 0.123 e. The van der Waals surface area contributed by atoms with Gasteiger partial charge in [0.2, 0.25) is 0 Å². The summed E-state index contributed by atoms with van der Waals surface area (Å²) in [5.41, 5.74) is 1.10. The molecule has 1 heterocycles. The maximum absolute atomic E-state index is 9.32. The van der Waals surface area contributed by atoms with E-state index in [1.54, 1.807) is 12.1 Å². The first-order chi connectivity index (χ1) is 6.63. The van der Waals surface area contributed by atoms with E-state index in [2.05, 4.69) is 13.8 Å². The van der Waals surface area contributed by atoms with Gasteiger partial charge in [-0.3, -0.25) is 0 Å². The molecule has 2 nitrogen and oxygen atoms in total. The molecule has 0 saturated carbocycles. The van der Waals surface area contributed by atoms with E-state index in [1.807, 2.05) is 6.07 Å². The SMILES string of the molecule is CCC1(C)CCc2cc(O)ccc2O1. The van der Waals surface area contributed by atoms with Crippen LogP contribution in [0.15, 0.2) is 18.2 Å². The van der Waals surface area contributed by atoms with Crippen molar-refractivity contribution < 1.29 is 9.84 Å². The standard InChI is InChI=1S/C12H16O2/c1-3-12(2)7-6-9-8-10(13)4-5-11(9)14-12/h4-5,8,13H,3,6-7H2,1-2H3. The third kappa shape index (κ3) is 1.57. The summed E-state index contributed by atoms with van der Waals surface area (Å²) < 4.78 is 5.91. The van der Waals surface area contributed by atoms with E-state index < -0.39 is 0 Å². The summed E-state index contributed by atoms with van der Waals surface area (Å²) in [6.07, 6.45) is 3.04. The highest BCUT2D eigenvalue weighted by molar-refractivity contribution is 5.41. The number of aromatic hydroxyl groups is 1. The molecule has 0 bridgehead atoms. The van der Waals surface area contributed by atoms with Crippen LogP contribution in [0.5, 0.6) is 11.5 Å². The van der Waals surface area contributed by atoms with Gasteiger partial charge in [0.05, 0.1) is 0 Å². The van der Waals surface area contributed by atoms with E-state index in [9.17, 15) is 5.11 Å². The van der Waals surface area contributed by atoms with Crippen molar-refractivity contribution in [1.29, 1.82) is 0 Å². The van der Waals surface area contributed by atoms with Crippen molar-refractivity contribution in [1.82, 2.24) is 0 Å². The van der Waals surface area contributed by atoms with Crippen molar-refractivity contribution in [3.05, 3.63) is 23.8 Å². The van der Waals surface area contributed by atoms with Gasteiger partial charge < -0.3 is 9.84 Å². The van der Waals surface area contributed by atoms with Crippen molar-refractivity contribution >= 4 is 0 Å². The number of rotatable bonds is 1. The molecule has 0 aromatic heterocycles. The van der Waals surface area contributed by atoms with Crippen LogP contribution in [0, 0.1) is 0 Å². The molecule has 0 aliphatic carbocycles. The second-order valence-corrected chi connectivity index (χ2v) is 4.20. The van der Waals surface area contributed by atoms with E-state index in [-0.39, 0.29) is 5.60 Å². The summed E-state index contributed by atoms with van der Waals surface area (Å²) in [5.74, 6) is 1.26. The number of hydrogen-bond donors (Lipinski definition) is 1. The summed E-state index contributed by atoms with van der Waals surface area (Å²) in [6.45, 7) is 4.29. The maximum Gasteiger partial charge on any atom is 0.123 e. The Morgan fingerprint density at radius 3 is 3.00 bits per heavy atom. The summed E-state index contributed by atoms with van der Waals surface area (Å²) in [7, 11) is 0. The van der Waals surface area contributed by atoms with E-state index in [1.165, 1.54) is 0 Å². The van der Waals surface area contributed by atoms with Crippen molar-refractivity contribution in [2.24, 2.45) is 0 Å². The molecule has 0 radical (unpaired) electrons. The molecule has 1 N–H and O–H groups in total. The van der Waals surface area contributed by atoms with Gasteiger partial charge in [-0.15, -0.1) is 0 Å². The zero-order chi connectivity index (χ0) is 10.2. The third-order valence-electron chi connectivity index (χ3n) is 3.07. The number of ether oxygens (including phenoxy) is 1. The quantitative estimate of drug-likeness (QED) is 0.741. The minimum Gasteiger partial charge on any atom is -0.508 e. The fourth-order valence-electron chi connectivity index (χ4n) is 1.83. The van der Waals surface area contributed by atoms with Crippen molar-refractivity contribution in [3.8, 4) is 11.5 Å². The zero-order valence-corrected chi connectivity index (χ0v) is 8.71. The molecule has 1 unspecified atom stereocenters. The van der Waals surface area contributed by atoms with Crippen LogP contribution in [-0.2, 0) is 6.42 Å². The minimum atomic E-state index is -0.0238. The van der Waals surface area contributed by atoms with Crippen molar-refractivity contribution in [2.75, 3.05) is 0 Å². The van der Waals surface area contributed by atoms with Gasteiger partial charge in [-0.2, -0.15) is 0 Å². The second kappa shape index (κ2) is 3.19. The van der Waals surface area contributed by atoms with Crippen LogP contribution in [0.2, 0.25) is 0 Å². The Morgan fingerprint density at radius 1 is 1.50 bits per heavy atom. The molecule has 1 aliphatic heterocycles. The molecule has 0 spiro atoms. The molecule has 76 valence electrons. The van der Waals surface area contributed by atoms with Crippen LogP contribution in [0.4, 0.5) is 0 Å². The van der Waals surface area contributed by atoms with Crippen LogP contribution >= 0.6 is 0 Å². The molecule has 2 rings (SSSR count). The van der Waals surface area contributed by atoms with Crippen LogP contribution < -0.4 is 4.74 Å². The Balaban J connectivity index is 2.31. The molecule has 1 aromatic carbocycles. The topological polar surface area (TPSA) is 29.5 Å². The molecule has 1 aliphatic rings. The van der Waals surface area contributed by atoms with E-state index in [0.717, 1.165) is 30.6 Å². The van der Waals surface area contributed by atoms with E-state index >= 15 is 0 Å². The molecular formula is C12H16O2. The van der Waals surface area contributed by atoms with Crippen molar-refractivity contribution in [3.63, 3.8) is 0 Å². The minimum absolute atomic E-state index is 0.0238. The van der Waals surface area contributed by atoms with Gasteiger partial charge in [-0.1, -0.05) is 6.92 Å². The van der Waals surface area contributed by atoms with Gasteiger partial charge in [0.1, 0.15) is 17.1 Å². The highest BCUT2D eigenvalue weighted by Gasteiger charge is 2.29. The average molecular weight is 192 g/mol. The number of phenols is 1. The van der Waals surface area contributed by atoms with Gasteiger partial charge in [-0.25, -0.2) is 0 Å². The Hall–Kier alpha value is -1.18. The Bertz CT molecular complexity index is 346.